The van der Waals surface area contributed by atoms with Gasteiger partial charge in [0.05, 0.1) is 17.3 Å². The van der Waals surface area contributed by atoms with E-state index in [1.54, 1.807) is 35.7 Å². The van der Waals surface area contributed by atoms with E-state index >= 15 is 0 Å². The van der Waals surface area contributed by atoms with Crippen LogP contribution in [-0.4, -0.2) is 20.2 Å². The minimum Gasteiger partial charge on any atom is -0.345 e. The van der Waals surface area contributed by atoms with Crippen molar-refractivity contribution in [2.75, 3.05) is 10.0 Å². The second kappa shape index (κ2) is 10.5. The molecule has 2 amide bonds. The van der Waals surface area contributed by atoms with Gasteiger partial charge in [-0.25, -0.2) is 8.42 Å². The number of thiophene rings is 1. The highest BCUT2D eigenvalue weighted by Gasteiger charge is 2.18. The van der Waals surface area contributed by atoms with Crippen LogP contribution in [0.5, 0.6) is 0 Å². The quantitative estimate of drug-likeness (QED) is 0.303. The van der Waals surface area contributed by atoms with Crippen LogP contribution in [0, 0.1) is 0 Å². The molecule has 1 aromatic heterocycles. The average Bonchev–Trinajstić information content (AvgIpc) is 3.41. The molecule has 178 valence electrons. The van der Waals surface area contributed by atoms with Crippen LogP contribution in [-0.2, 0) is 10.0 Å². The minimum absolute atomic E-state index is 0.204. The molecule has 0 aliphatic heterocycles. The van der Waals surface area contributed by atoms with Crippen molar-refractivity contribution >= 4 is 44.5 Å². The van der Waals surface area contributed by atoms with Gasteiger partial charge in [0, 0.05) is 11.3 Å². The number of nitrogens with one attached hydrogen (secondary N) is 3. The molecule has 0 saturated carbocycles. The molecule has 9 heteroatoms. The van der Waals surface area contributed by atoms with Gasteiger partial charge < -0.3 is 10.6 Å². The maximum Gasteiger partial charge on any atom is 0.271 e. The lowest BCUT2D eigenvalue weighted by molar-refractivity contribution is 0.0940. The number of anilines is 2. The second-order valence-corrected chi connectivity index (χ2v) is 10.6. The van der Waals surface area contributed by atoms with Gasteiger partial charge in [0.1, 0.15) is 4.21 Å². The first kappa shape index (κ1) is 24.2. The summed E-state index contributed by atoms with van der Waals surface area (Å²) in [6.45, 7) is 1.89. The van der Waals surface area contributed by atoms with E-state index in [1.807, 2.05) is 37.3 Å². The molecular formula is C26H23N3O4S2. The summed E-state index contributed by atoms with van der Waals surface area (Å²) in [5.41, 5.74) is 2.33. The molecule has 1 atom stereocenters. The van der Waals surface area contributed by atoms with Gasteiger partial charge in [-0.15, -0.1) is 11.3 Å². The molecule has 3 N–H and O–H groups in total. The molecule has 1 heterocycles. The SMILES string of the molecule is CC(NC(=O)c1ccccc1NC(=O)c1ccc(NS(=O)(=O)c2cccs2)cc1)c1ccccc1. The number of amides is 2. The smallest absolute Gasteiger partial charge is 0.271 e. The Labute approximate surface area is 207 Å². The number of para-hydroxylation sites is 1. The van der Waals surface area contributed by atoms with Crippen LogP contribution >= 0.6 is 11.3 Å². The number of hydrogen-bond acceptors (Lipinski definition) is 5. The van der Waals surface area contributed by atoms with E-state index in [0.29, 0.717) is 22.5 Å². The highest BCUT2D eigenvalue weighted by molar-refractivity contribution is 7.94. The summed E-state index contributed by atoms with van der Waals surface area (Å²) in [4.78, 5) is 25.8. The van der Waals surface area contributed by atoms with Crippen LogP contribution in [0.3, 0.4) is 0 Å². The molecule has 0 aliphatic rings. The minimum atomic E-state index is -3.67. The van der Waals surface area contributed by atoms with Crippen LogP contribution in [0.4, 0.5) is 11.4 Å². The van der Waals surface area contributed by atoms with Crippen LogP contribution in [0.25, 0.3) is 0 Å². The van der Waals surface area contributed by atoms with Crippen molar-refractivity contribution in [2.45, 2.75) is 17.2 Å². The van der Waals surface area contributed by atoms with Gasteiger partial charge in [-0.05, 0) is 60.3 Å². The van der Waals surface area contributed by atoms with Crippen molar-refractivity contribution in [3.63, 3.8) is 0 Å². The molecule has 4 aromatic rings. The number of carbonyl (C=O) groups excluding carboxylic acids is 2. The molecular weight excluding hydrogens is 482 g/mol. The van der Waals surface area contributed by atoms with Gasteiger partial charge in [0.15, 0.2) is 0 Å². The fourth-order valence-electron chi connectivity index (χ4n) is 3.40. The van der Waals surface area contributed by atoms with E-state index in [2.05, 4.69) is 15.4 Å². The molecule has 0 aliphatic carbocycles. The second-order valence-electron chi connectivity index (χ2n) is 7.72. The molecule has 0 spiro atoms. The molecule has 1 unspecified atom stereocenters. The first-order chi connectivity index (χ1) is 16.8. The average molecular weight is 506 g/mol. The summed E-state index contributed by atoms with van der Waals surface area (Å²) in [6.07, 6.45) is 0. The highest BCUT2D eigenvalue weighted by Crippen LogP contribution is 2.22. The predicted octanol–water partition coefficient (Wildman–Crippen LogP) is 5.29. The third kappa shape index (κ3) is 5.95. The summed E-state index contributed by atoms with van der Waals surface area (Å²) in [6, 6.07) is 25.4. The van der Waals surface area contributed by atoms with Crippen molar-refractivity contribution < 1.29 is 18.0 Å². The molecule has 35 heavy (non-hydrogen) atoms. The van der Waals surface area contributed by atoms with E-state index in [4.69, 9.17) is 0 Å². The summed E-state index contributed by atoms with van der Waals surface area (Å²) < 4.78 is 27.4. The number of sulfonamides is 1. The van der Waals surface area contributed by atoms with Gasteiger partial charge in [-0.1, -0.05) is 48.5 Å². The summed E-state index contributed by atoms with van der Waals surface area (Å²) in [5, 5.41) is 7.41. The fraction of sp³-hybridized carbons (Fsp3) is 0.0769. The zero-order valence-corrected chi connectivity index (χ0v) is 20.4. The zero-order chi connectivity index (χ0) is 24.8. The first-order valence-corrected chi connectivity index (χ1v) is 13.1. The molecule has 0 saturated heterocycles. The Bertz CT molecular complexity index is 1420. The molecule has 3 aromatic carbocycles. The Balaban J connectivity index is 1.44. The Morgan fingerprint density at radius 1 is 0.800 bits per heavy atom. The Hall–Kier alpha value is -3.95. The molecule has 0 bridgehead atoms. The number of benzene rings is 3. The molecule has 7 nitrogen and oxygen atoms in total. The van der Waals surface area contributed by atoms with E-state index in [0.717, 1.165) is 16.9 Å². The molecule has 0 radical (unpaired) electrons. The van der Waals surface area contributed by atoms with Crippen LogP contribution < -0.4 is 15.4 Å². The Morgan fingerprint density at radius 2 is 1.49 bits per heavy atom. The van der Waals surface area contributed by atoms with Crippen molar-refractivity contribution in [3.8, 4) is 0 Å². The van der Waals surface area contributed by atoms with Crippen molar-refractivity contribution in [2.24, 2.45) is 0 Å². The lowest BCUT2D eigenvalue weighted by atomic mass is 10.1. The van der Waals surface area contributed by atoms with Gasteiger partial charge in [0.2, 0.25) is 0 Å². The maximum absolute atomic E-state index is 12.9. The molecule has 0 fully saturated rings. The van der Waals surface area contributed by atoms with Crippen molar-refractivity contribution in [1.82, 2.24) is 5.32 Å². The number of rotatable bonds is 8. The van der Waals surface area contributed by atoms with Crippen LogP contribution in [0.15, 0.2) is 101 Å². The van der Waals surface area contributed by atoms with Crippen LogP contribution in [0.1, 0.15) is 39.2 Å². The zero-order valence-electron chi connectivity index (χ0n) is 18.8. The van der Waals surface area contributed by atoms with Gasteiger partial charge in [0.25, 0.3) is 21.8 Å². The summed E-state index contributed by atoms with van der Waals surface area (Å²) >= 11 is 1.12. The number of hydrogen-bond donors (Lipinski definition) is 3. The molecule has 4 rings (SSSR count). The number of carbonyl (C=O) groups is 2. The van der Waals surface area contributed by atoms with E-state index in [9.17, 15) is 18.0 Å². The van der Waals surface area contributed by atoms with E-state index in [1.165, 1.54) is 30.3 Å². The largest absolute Gasteiger partial charge is 0.345 e. The van der Waals surface area contributed by atoms with E-state index in [-0.39, 0.29) is 16.2 Å². The Kier molecular flexibility index (Phi) is 7.28. The highest BCUT2D eigenvalue weighted by atomic mass is 32.2. The standard InChI is InChI=1S/C26H23N3O4S2/c1-18(19-8-3-2-4-9-19)27-26(31)22-10-5-6-11-23(22)28-25(30)20-13-15-21(16-14-20)29-35(32,33)24-12-7-17-34-24/h2-18,29H,1H3,(H,27,31)(H,28,30). The Morgan fingerprint density at radius 3 is 2.17 bits per heavy atom. The normalized spacial score (nSPS) is 11.9. The monoisotopic (exact) mass is 505 g/mol. The fourth-order valence-corrected chi connectivity index (χ4v) is 5.45. The third-order valence-electron chi connectivity index (χ3n) is 5.23. The maximum atomic E-state index is 12.9. The summed E-state index contributed by atoms with van der Waals surface area (Å²) in [5.74, 6) is -0.732. The lowest BCUT2D eigenvalue weighted by Gasteiger charge is -2.16. The van der Waals surface area contributed by atoms with Gasteiger partial charge in [-0.2, -0.15) is 0 Å². The lowest BCUT2D eigenvalue weighted by Crippen LogP contribution is -2.28. The van der Waals surface area contributed by atoms with Gasteiger partial charge >= 0.3 is 0 Å². The van der Waals surface area contributed by atoms with Crippen molar-refractivity contribution in [1.29, 1.82) is 0 Å². The van der Waals surface area contributed by atoms with E-state index < -0.39 is 15.9 Å². The van der Waals surface area contributed by atoms with Crippen molar-refractivity contribution in [3.05, 3.63) is 113 Å². The van der Waals surface area contributed by atoms with Crippen LogP contribution in [0.2, 0.25) is 0 Å². The third-order valence-corrected chi connectivity index (χ3v) is 8.01. The topological polar surface area (TPSA) is 104 Å². The summed E-state index contributed by atoms with van der Waals surface area (Å²) in [7, 11) is -3.67. The van der Waals surface area contributed by atoms with Gasteiger partial charge in [-0.3, -0.25) is 14.3 Å². The first-order valence-electron chi connectivity index (χ1n) is 10.8. The predicted molar refractivity (Wildman–Crippen MR) is 138 cm³/mol.